The number of hydrogen-bond donors (Lipinski definition) is 1. The lowest BCUT2D eigenvalue weighted by Gasteiger charge is -2.25. The molecule has 1 atom stereocenters. The molecular weight excluding hydrogens is 284 g/mol. The van der Waals surface area contributed by atoms with E-state index in [0.717, 1.165) is 16.2 Å². The van der Waals surface area contributed by atoms with Crippen molar-refractivity contribution in [3.05, 3.63) is 60.2 Å². The highest BCUT2D eigenvalue weighted by Gasteiger charge is 2.35. The molecule has 110 valence electrons. The Bertz CT molecular complexity index is 595. The summed E-state index contributed by atoms with van der Waals surface area (Å²) in [6.45, 7) is 1.77. The molecule has 2 rings (SSSR count). The molecule has 0 aromatic heterocycles. The summed E-state index contributed by atoms with van der Waals surface area (Å²) in [6.07, 6.45) is 0. The fourth-order valence-corrected chi connectivity index (χ4v) is 3.05. The van der Waals surface area contributed by atoms with Crippen LogP contribution in [0.2, 0.25) is 0 Å². The van der Waals surface area contributed by atoms with Crippen molar-refractivity contribution in [3.8, 4) is 5.75 Å². The van der Waals surface area contributed by atoms with Crippen molar-refractivity contribution in [1.29, 1.82) is 0 Å². The number of carboxylic acids is 1. The van der Waals surface area contributed by atoms with E-state index in [0.29, 0.717) is 5.75 Å². The SMILES string of the molecule is COc1ccc(SCC(C)(C(=O)O)c2ccccc2)cc1. The number of methoxy groups -OCH3 is 1. The van der Waals surface area contributed by atoms with Crippen LogP contribution in [0.3, 0.4) is 0 Å². The predicted octanol–water partition coefficient (Wildman–Crippen LogP) is 3.83. The second kappa shape index (κ2) is 6.68. The van der Waals surface area contributed by atoms with E-state index in [4.69, 9.17) is 4.74 Å². The van der Waals surface area contributed by atoms with Crippen molar-refractivity contribution in [2.45, 2.75) is 17.2 Å². The summed E-state index contributed by atoms with van der Waals surface area (Å²) >= 11 is 1.53. The normalized spacial score (nSPS) is 13.4. The van der Waals surface area contributed by atoms with Crippen LogP contribution < -0.4 is 4.74 Å². The van der Waals surface area contributed by atoms with Gasteiger partial charge >= 0.3 is 5.97 Å². The molecule has 0 amide bonds. The first-order valence-corrected chi connectivity index (χ1v) is 7.60. The minimum Gasteiger partial charge on any atom is -0.497 e. The molecular formula is C17H18O3S. The van der Waals surface area contributed by atoms with Gasteiger partial charge in [0.2, 0.25) is 0 Å². The Balaban J connectivity index is 2.15. The maximum absolute atomic E-state index is 11.7. The molecule has 0 bridgehead atoms. The first-order chi connectivity index (χ1) is 10.1. The van der Waals surface area contributed by atoms with Gasteiger partial charge < -0.3 is 9.84 Å². The number of carbonyl (C=O) groups is 1. The van der Waals surface area contributed by atoms with Gasteiger partial charge in [-0.05, 0) is 36.8 Å². The van der Waals surface area contributed by atoms with Crippen molar-refractivity contribution < 1.29 is 14.6 Å². The third-order valence-corrected chi connectivity index (χ3v) is 4.80. The fraction of sp³-hybridized carbons (Fsp3) is 0.235. The van der Waals surface area contributed by atoms with Gasteiger partial charge in [-0.2, -0.15) is 0 Å². The van der Waals surface area contributed by atoms with Crippen molar-refractivity contribution in [2.24, 2.45) is 0 Å². The van der Waals surface area contributed by atoms with Crippen molar-refractivity contribution in [3.63, 3.8) is 0 Å². The molecule has 0 aliphatic carbocycles. The summed E-state index contributed by atoms with van der Waals surface area (Å²) in [4.78, 5) is 12.7. The molecule has 2 aromatic carbocycles. The van der Waals surface area contributed by atoms with E-state index in [2.05, 4.69) is 0 Å². The molecule has 3 nitrogen and oxygen atoms in total. The lowest BCUT2D eigenvalue weighted by Crippen LogP contribution is -2.35. The smallest absolute Gasteiger partial charge is 0.314 e. The van der Waals surface area contributed by atoms with Gasteiger partial charge in [0.25, 0.3) is 0 Å². The van der Waals surface area contributed by atoms with Gasteiger partial charge in [0.15, 0.2) is 0 Å². The van der Waals surface area contributed by atoms with Crippen molar-refractivity contribution in [1.82, 2.24) is 0 Å². The van der Waals surface area contributed by atoms with Crippen LogP contribution in [0.5, 0.6) is 5.75 Å². The standard InChI is InChI=1S/C17H18O3S/c1-17(16(18)19,13-6-4-3-5-7-13)12-21-15-10-8-14(20-2)9-11-15/h3-11H,12H2,1-2H3,(H,18,19). The first kappa shape index (κ1) is 15.4. The second-order valence-corrected chi connectivity index (χ2v) is 6.02. The Morgan fingerprint density at radius 3 is 2.29 bits per heavy atom. The molecule has 1 N–H and O–H groups in total. The van der Waals surface area contributed by atoms with Gasteiger partial charge in [0.05, 0.1) is 12.5 Å². The molecule has 0 fully saturated rings. The van der Waals surface area contributed by atoms with Gasteiger partial charge in [-0.1, -0.05) is 30.3 Å². The van der Waals surface area contributed by atoms with E-state index in [1.807, 2.05) is 54.6 Å². The van der Waals surface area contributed by atoms with E-state index >= 15 is 0 Å². The lowest BCUT2D eigenvalue weighted by molar-refractivity contribution is -0.142. The van der Waals surface area contributed by atoms with Gasteiger partial charge in [0, 0.05) is 10.6 Å². The second-order valence-electron chi connectivity index (χ2n) is 4.97. The summed E-state index contributed by atoms with van der Waals surface area (Å²) in [5.41, 5.74) is -0.0928. The minimum absolute atomic E-state index is 0.471. The zero-order valence-electron chi connectivity index (χ0n) is 12.1. The summed E-state index contributed by atoms with van der Waals surface area (Å²) in [5.74, 6) is 0.455. The Morgan fingerprint density at radius 2 is 1.76 bits per heavy atom. The third kappa shape index (κ3) is 3.58. The molecule has 21 heavy (non-hydrogen) atoms. The molecule has 0 heterocycles. The van der Waals surface area contributed by atoms with E-state index in [-0.39, 0.29) is 0 Å². The zero-order valence-corrected chi connectivity index (χ0v) is 12.9. The molecule has 0 radical (unpaired) electrons. The van der Waals surface area contributed by atoms with Crippen molar-refractivity contribution >= 4 is 17.7 Å². The predicted molar refractivity (Wildman–Crippen MR) is 85.1 cm³/mol. The van der Waals surface area contributed by atoms with Crippen LogP contribution >= 0.6 is 11.8 Å². The van der Waals surface area contributed by atoms with Crippen molar-refractivity contribution in [2.75, 3.05) is 12.9 Å². The average Bonchev–Trinajstić information content (AvgIpc) is 2.53. The molecule has 4 heteroatoms. The van der Waals surface area contributed by atoms with Crippen LogP contribution in [-0.2, 0) is 10.2 Å². The Kier molecular flexibility index (Phi) is 4.91. The Labute approximate surface area is 129 Å². The highest BCUT2D eigenvalue weighted by atomic mass is 32.2. The number of carboxylic acid groups (broad SMARTS) is 1. The van der Waals surface area contributed by atoms with E-state index in [9.17, 15) is 9.90 Å². The average molecular weight is 302 g/mol. The molecule has 0 saturated carbocycles. The Hall–Kier alpha value is -1.94. The zero-order chi connectivity index (χ0) is 15.3. The number of hydrogen-bond acceptors (Lipinski definition) is 3. The molecule has 0 aliphatic rings. The number of aliphatic carboxylic acids is 1. The van der Waals surface area contributed by atoms with Crippen LogP contribution in [0, 0.1) is 0 Å². The van der Waals surface area contributed by atoms with E-state index < -0.39 is 11.4 Å². The summed E-state index contributed by atoms with van der Waals surface area (Å²) < 4.78 is 5.12. The minimum atomic E-state index is -0.911. The van der Waals surface area contributed by atoms with Gasteiger partial charge in [-0.15, -0.1) is 11.8 Å². The van der Waals surface area contributed by atoms with Crippen LogP contribution in [0.15, 0.2) is 59.5 Å². The van der Waals surface area contributed by atoms with E-state index in [1.165, 1.54) is 11.8 Å². The highest BCUT2D eigenvalue weighted by Crippen LogP contribution is 2.32. The number of rotatable bonds is 6. The highest BCUT2D eigenvalue weighted by molar-refractivity contribution is 7.99. The number of thioether (sulfide) groups is 1. The van der Waals surface area contributed by atoms with Crippen LogP contribution in [-0.4, -0.2) is 23.9 Å². The summed E-state index contributed by atoms with van der Waals surface area (Å²) in [7, 11) is 1.62. The third-order valence-electron chi connectivity index (χ3n) is 3.47. The largest absolute Gasteiger partial charge is 0.497 e. The first-order valence-electron chi connectivity index (χ1n) is 6.62. The van der Waals surface area contributed by atoms with Gasteiger partial charge in [-0.25, -0.2) is 0 Å². The van der Waals surface area contributed by atoms with E-state index in [1.54, 1.807) is 14.0 Å². The van der Waals surface area contributed by atoms with Crippen LogP contribution in [0.1, 0.15) is 12.5 Å². The number of benzene rings is 2. The maximum Gasteiger partial charge on any atom is 0.314 e. The summed E-state index contributed by atoms with van der Waals surface area (Å²) in [6, 6.07) is 17.0. The monoisotopic (exact) mass is 302 g/mol. The molecule has 0 spiro atoms. The summed E-state index contributed by atoms with van der Waals surface area (Å²) in [5, 5.41) is 9.61. The molecule has 0 saturated heterocycles. The topological polar surface area (TPSA) is 46.5 Å². The van der Waals surface area contributed by atoms with Gasteiger partial charge in [0.1, 0.15) is 5.75 Å². The maximum atomic E-state index is 11.7. The fourth-order valence-electron chi connectivity index (χ4n) is 1.97. The lowest BCUT2D eigenvalue weighted by atomic mass is 9.85. The molecule has 2 aromatic rings. The molecule has 0 aliphatic heterocycles. The van der Waals surface area contributed by atoms with Gasteiger partial charge in [-0.3, -0.25) is 4.79 Å². The number of ether oxygens (including phenoxy) is 1. The Morgan fingerprint density at radius 1 is 1.14 bits per heavy atom. The molecule has 1 unspecified atom stereocenters. The van der Waals surface area contributed by atoms with Crippen LogP contribution in [0.25, 0.3) is 0 Å². The quantitative estimate of drug-likeness (QED) is 0.824. The van der Waals surface area contributed by atoms with Crippen LogP contribution in [0.4, 0.5) is 0 Å².